The van der Waals surface area contributed by atoms with Crippen LogP contribution in [0.1, 0.15) is 30.1 Å². The number of aromatic amines is 1. The highest BCUT2D eigenvalue weighted by Gasteiger charge is 2.35. The van der Waals surface area contributed by atoms with Gasteiger partial charge < -0.3 is 10.4 Å². The van der Waals surface area contributed by atoms with Crippen molar-refractivity contribution in [2.24, 2.45) is 5.92 Å². The summed E-state index contributed by atoms with van der Waals surface area (Å²) in [5.74, 6) is 0.550. The second kappa shape index (κ2) is 7.51. The normalized spacial score (nSPS) is 13.3. The smallest absolute Gasteiger partial charge is 0.391 e. The number of pyridine rings is 2. The molecule has 9 heteroatoms. The van der Waals surface area contributed by atoms with Gasteiger partial charge in [-0.3, -0.25) is 5.10 Å². The molecule has 0 bridgehead atoms. The van der Waals surface area contributed by atoms with Crippen LogP contribution in [0.3, 0.4) is 0 Å². The van der Waals surface area contributed by atoms with E-state index in [0.717, 1.165) is 6.07 Å². The SMILES string of the molecule is CC(C)CC(O)CNc1ccc(C(F)(F)F)c(-c2[nH]nc3ncccc23)n1.[HH].[HH].[HH]. The third-order valence-corrected chi connectivity index (χ3v) is 4.03. The number of nitrogens with zero attached hydrogens (tertiary/aromatic N) is 3. The largest absolute Gasteiger partial charge is 0.418 e. The Kier molecular flexibility index (Phi) is 5.31. The predicted octanol–water partition coefficient (Wildman–Crippen LogP) is 4.60. The Labute approximate surface area is 158 Å². The van der Waals surface area contributed by atoms with Gasteiger partial charge in [-0.25, -0.2) is 9.97 Å². The van der Waals surface area contributed by atoms with Crippen LogP contribution in [0.5, 0.6) is 0 Å². The zero-order valence-electron chi connectivity index (χ0n) is 14.9. The molecule has 0 aliphatic heterocycles. The first-order valence-electron chi connectivity index (χ1n) is 8.55. The van der Waals surface area contributed by atoms with E-state index >= 15 is 0 Å². The van der Waals surface area contributed by atoms with E-state index in [-0.39, 0.29) is 28.0 Å². The molecule has 6 nitrogen and oxygen atoms in total. The predicted molar refractivity (Wildman–Crippen MR) is 102 cm³/mol. The Morgan fingerprint density at radius 3 is 2.74 bits per heavy atom. The molecule has 27 heavy (non-hydrogen) atoms. The molecule has 0 fully saturated rings. The highest BCUT2D eigenvalue weighted by molar-refractivity contribution is 5.90. The van der Waals surface area contributed by atoms with Gasteiger partial charge in [-0.15, -0.1) is 0 Å². The van der Waals surface area contributed by atoms with Gasteiger partial charge in [-0.2, -0.15) is 18.3 Å². The molecule has 0 amide bonds. The van der Waals surface area contributed by atoms with E-state index in [4.69, 9.17) is 0 Å². The van der Waals surface area contributed by atoms with E-state index in [1.54, 1.807) is 12.1 Å². The lowest BCUT2D eigenvalue weighted by Crippen LogP contribution is -2.22. The lowest BCUT2D eigenvalue weighted by molar-refractivity contribution is -0.137. The zero-order valence-corrected chi connectivity index (χ0v) is 14.9. The van der Waals surface area contributed by atoms with Crippen LogP contribution in [0, 0.1) is 5.92 Å². The van der Waals surface area contributed by atoms with E-state index in [0.29, 0.717) is 23.4 Å². The lowest BCUT2D eigenvalue weighted by atomic mass is 10.1. The van der Waals surface area contributed by atoms with E-state index < -0.39 is 17.8 Å². The van der Waals surface area contributed by atoms with E-state index in [2.05, 4.69) is 25.5 Å². The van der Waals surface area contributed by atoms with Crippen LogP contribution in [0.15, 0.2) is 30.5 Å². The van der Waals surface area contributed by atoms with Crippen LogP contribution in [0.2, 0.25) is 0 Å². The van der Waals surface area contributed by atoms with Crippen LogP contribution < -0.4 is 5.32 Å². The summed E-state index contributed by atoms with van der Waals surface area (Å²) in [4.78, 5) is 8.17. The molecule has 3 heterocycles. The summed E-state index contributed by atoms with van der Waals surface area (Å²) in [6.45, 7) is 4.16. The maximum Gasteiger partial charge on any atom is 0.418 e. The first-order valence-corrected chi connectivity index (χ1v) is 8.55. The number of nitrogens with one attached hydrogen (secondary N) is 2. The van der Waals surface area contributed by atoms with Crippen molar-refractivity contribution in [2.75, 3.05) is 11.9 Å². The molecular formula is C18H26F3N5O. The number of halogens is 3. The van der Waals surface area contributed by atoms with Gasteiger partial charge in [-0.05, 0) is 36.6 Å². The van der Waals surface area contributed by atoms with Crippen LogP contribution in [0.4, 0.5) is 19.0 Å². The van der Waals surface area contributed by atoms with E-state index in [1.807, 2.05) is 13.8 Å². The van der Waals surface area contributed by atoms with Gasteiger partial charge in [0.05, 0.1) is 17.4 Å². The molecule has 0 radical (unpaired) electrons. The summed E-state index contributed by atoms with van der Waals surface area (Å²) >= 11 is 0. The molecule has 0 saturated heterocycles. The first kappa shape index (κ1) is 19.1. The van der Waals surface area contributed by atoms with Crippen molar-refractivity contribution in [2.45, 2.75) is 32.5 Å². The minimum Gasteiger partial charge on any atom is -0.391 e. The number of anilines is 1. The maximum absolute atomic E-state index is 13.5. The topological polar surface area (TPSA) is 86.7 Å². The third-order valence-electron chi connectivity index (χ3n) is 4.03. The minimum absolute atomic E-state index is 0. The number of aliphatic hydroxyl groups excluding tert-OH is 1. The Morgan fingerprint density at radius 1 is 1.26 bits per heavy atom. The fraction of sp³-hybridized carbons (Fsp3) is 0.389. The first-order chi connectivity index (χ1) is 12.8. The van der Waals surface area contributed by atoms with Crippen molar-refractivity contribution in [1.82, 2.24) is 20.2 Å². The molecule has 0 aromatic carbocycles. The van der Waals surface area contributed by atoms with Crippen molar-refractivity contribution < 1.29 is 22.6 Å². The Hall–Kier alpha value is -2.68. The third kappa shape index (κ3) is 4.36. The molecule has 3 rings (SSSR count). The van der Waals surface area contributed by atoms with Crippen molar-refractivity contribution in [3.63, 3.8) is 0 Å². The number of aromatic nitrogens is 4. The van der Waals surface area contributed by atoms with E-state index in [9.17, 15) is 18.3 Å². The summed E-state index contributed by atoms with van der Waals surface area (Å²) < 4.78 is 40.4. The molecule has 1 unspecified atom stereocenters. The molecule has 0 aliphatic rings. The fourth-order valence-electron chi connectivity index (χ4n) is 2.86. The number of aliphatic hydroxyl groups is 1. The van der Waals surface area contributed by atoms with Crippen LogP contribution in [0.25, 0.3) is 22.4 Å². The summed E-state index contributed by atoms with van der Waals surface area (Å²) in [5, 5.41) is 19.9. The molecule has 3 aromatic rings. The maximum atomic E-state index is 13.5. The van der Waals surface area contributed by atoms with Gasteiger partial charge in [0.15, 0.2) is 5.65 Å². The number of rotatable bonds is 6. The number of H-pyrrole nitrogens is 1. The van der Waals surface area contributed by atoms with Crippen LogP contribution >= 0.6 is 0 Å². The average molecular weight is 385 g/mol. The van der Waals surface area contributed by atoms with Gasteiger partial charge in [-0.1, -0.05) is 13.8 Å². The lowest BCUT2D eigenvalue weighted by Gasteiger charge is -2.16. The van der Waals surface area contributed by atoms with Crippen molar-refractivity contribution in [3.8, 4) is 11.4 Å². The van der Waals surface area contributed by atoms with Gasteiger partial charge in [0.2, 0.25) is 0 Å². The zero-order chi connectivity index (χ0) is 19.6. The number of alkyl halides is 3. The molecule has 3 N–H and O–H groups in total. The number of fused-ring (bicyclic) bond motifs is 1. The average Bonchev–Trinajstić information content (AvgIpc) is 3.02. The minimum atomic E-state index is -4.57. The second-order valence-electron chi connectivity index (χ2n) is 6.73. The Balaban J connectivity index is 0.00000280. The Morgan fingerprint density at radius 2 is 2.04 bits per heavy atom. The molecule has 0 aliphatic carbocycles. The quantitative estimate of drug-likeness (QED) is 0.577. The summed E-state index contributed by atoms with van der Waals surface area (Å²) in [6.07, 6.45) is -3.09. The van der Waals surface area contributed by atoms with Crippen molar-refractivity contribution in [3.05, 3.63) is 36.0 Å². The standard InChI is InChI=1S/C18H20F3N5O.3H2/c1-10(2)8-11(27)9-23-14-6-5-13(18(19,20)21)16(24-14)15-12-4-3-7-22-17(12)26-25-15;;;/h3-7,10-11,27H,8-9H2,1-2H3,(H,23,24)(H,22,25,26);3*1H. The highest BCUT2D eigenvalue weighted by atomic mass is 19.4. The summed E-state index contributed by atoms with van der Waals surface area (Å²) in [6, 6.07) is 5.49. The number of hydrogen-bond donors (Lipinski definition) is 3. The van der Waals surface area contributed by atoms with Gasteiger partial charge in [0.25, 0.3) is 0 Å². The van der Waals surface area contributed by atoms with Crippen LogP contribution in [-0.4, -0.2) is 37.9 Å². The summed E-state index contributed by atoms with van der Waals surface area (Å²) in [7, 11) is 0. The highest BCUT2D eigenvalue weighted by Crippen LogP contribution is 2.38. The van der Waals surface area contributed by atoms with Crippen molar-refractivity contribution in [1.29, 1.82) is 0 Å². The fourth-order valence-corrected chi connectivity index (χ4v) is 2.86. The molecule has 150 valence electrons. The monoisotopic (exact) mass is 385 g/mol. The molecule has 0 spiro atoms. The number of hydrogen-bond acceptors (Lipinski definition) is 5. The molecular weight excluding hydrogens is 359 g/mol. The van der Waals surface area contributed by atoms with Gasteiger partial charge in [0.1, 0.15) is 11.5 Å². The van der Waals surface area contributed by atoms with Gasteiger partial charge >= 0.3 is 6.18 Å². The van der Waals surface area contributed by atoms with Gasteiger partial charge in [0, 0.05) is 22.4 Å². The van der Waals surface area contributed by atoms with Crippen molar-refractivity contribution >= 4 is 16.9 Å². The van der Waals surface area contributed by atoms with E-state index in [1.165, 1.54) is 12.3 Å². The molecule has 1 atom stereocenters. The van der Waals surface area contributed by atoms with Crippen LogP contribution in [-0.2, 0) is 6.18 Å². The Bertz CT molecular complexity index is 937. The summed E-state index contributed by atoms with van der Waals surface area (Å²) in [5.41, 5.74) is -0.670. The second-order valence-corrected chi connectivity index (χ2v) is 6.73. The molecule has 0 saturated carbocycles. The molecule has 3 aromatic heterocycles.